The van der Waals surface area contributed by atoms with Gasteiger partial charge in [0.1, 0.15) is 5.70 Å². The molecule has 1 atom stereocenters. The number of hydrogen-bond acceptors (Lipinski definition) is 5. The van der Waals surface area contributed by atoms with Crippen molar-refractivity contribution in [1.29, 1.82) is 0 Å². The fourth-order valence-electron chi connectivity index (χ4n) is 3.07. The Morgan fingerprint density at radius 3 is 3.11 bits per heavy atom. The predicted molar refractivity (Wildman–Crippen MR) is 68.2 cm³/mol. The molecule has 18 heavy (non-hydrogen) atoms. The van der Waals surface area contributed by atoms with Crippen LogP contribution in [0.1, 0.15) is 11.1 Å². The van der Waals surface area contributed by atoms with Gasteiger partial charge in [0.2, 0.25) is 0 Å². The summed E-state index contributed by atoms with van der Waals surface area (Å²) < 4.78 is 0. The van der Waals surface area contributed by atoms with Crippen LogP contribution < -0.4 is 5.53 Å². The molecule has 92 valence electrons. The Balaban J connectivity index is 1.95. The number of piperazine rings is 1. The van der Waals surface area contributed by atoms with Crippen LogP contribution in [0.25, 0.3) is 5.70 Å². The molecule has 2 aliphatic heterocycles. The Morgan fingerprint density at radius 1 is 1.28 bits per heavy atom. The standard InChI is InChI=1S/C13H15N5/c1-17-6-7-18-13-11(17)8-9-4-2-3-5-10(9)12(13)14-15-16-18/h2-5,11H,6-8H2,1H3,(H,14,16). The van der Waals surface area contributed by atoms with Crippen LogP contribution >= 0.6 is 0 Å². The van der Waals surface area contributed by atoms with E-state index in [1.165, 1.54) is 16.8 Å². The summed E-state index contributed by atoms with van der Waals surface area (Å²) in [7, 11) is 2.19. The predicted octanol–water partition coefficient (Wildman–Crippen LogP) is 1.41. The Morgan fingerprint density at radius 2 is 2.17 bits per heavy atom. The molecule has 0 amide bonds. The molecule has 1 aromatic rings. The van der Waals surface area contributed by atoms with Crippen LogP contribution in [-0.4, -0.2) is 36.1 Å². The Bertz CT molecular complexity index is 562. The molecule has 5 heteroatoms. The van der Waals surface area contributed by atoms with Crippen molar-refractivity contribution in [2.75, 3.05) is 20.1 Å². The maximum absolute atomic E-state index is 4.33. The lowest BCUT2D eigenvalue weighted by atomic mass is 9.87. The summed E-state index contributed by atoms with van der Waals surface area (Å²) in [6.45, 7) is 2.00. The fraction of sp³-hybridized carbons (Fsp3) is 0.385. The first-order chi connectivity index (χ1) is 8.84. The van der Waals surface area contributed by atoms with Gasteiger partial charge in [0, 0.05) is 12.1 Å². The van der Waals surface area contributed by atoms with Gasteiger partial charge in [0.15, 0.2) is 0 Å². The molecule has 2 heterocycles. The zero-order chi connectivity index (χ0) is 12.1. The van der Waals surface area contributed by atoms with Gasteiger partial charge >= 0.3 is 0 Å². The van der Waals surface area contributed by atoms with E-state index in [1.807, 2.05) is 0 Å². The summed E-state index contributed by atoms with van der Waals surface area (Å²) in [6.07, 6.45) is 1.05. The first-order valence-corrected chi connectivity index (χ1v) is 6.31. The molecule has 1 aromatic carbocycles. The van der Waals surface area contributed by atoms with E-state index in [4.69, 9.17) is 0 Å². The largest absolute Gasteiger partial charge is 0.296 e. The highest BCUT2D eigenvalue weighted by Gasteiger charge is 2.38. The van der Waals surface area contributed by atoms with Crippen molar-refractivity contribution in [3.63, 3.8) is 0 Å². The number of benzene rings is 1. The van der Waals surface area contributed by atoms with Crippen LogP contribution in [0.2, 0.25) is 0 Å². The van der Waals surface area contributed by atoms with Gasteiger partial charge in [-0.15, -0.1) is 5.11 Å². The highest BCUT2D eigenvalue weighted by Crippen LogP contribution is 2.38. The second-order valence-corrected chi connectivity index (χ2v) is 5.04. The SMILES string of the molecule is CN1CCN2NN=NC3=C2C1Cc1ccccc13. The van der Waals surface area contributed by atoms with E-state index in [1.54, 1.807) is 0 Å². The minimum atomic E-state index is 0.412. The second-order valence-electron chi connectivity index (χ2n) is 5.04. The average Bonchev–Trinajstić information content (AvgIpc) is 2.43. The zero-order valence-electron chi connectivity index (χ0n) is 10.3. The first-order valence-electron chi connectivity index (χ1n) is 6.31. The van der Waals surface area contributed by atoms with Gasteiger partial charge in [-0.05, 0) is 19.0 Å². The number of nitrogens with one attached hydrogen (secondary N) is 1. The van der Waals surface area contributed by atoms with E-state index in [9.17, 15) is 0 Å². The van der Waals surface area contributed by atoms with Gasteiger partial charge in [-0.25, -0.2) is 0 Å². The smallest absolute Gasteiger partial charge is 0.118 e. The minimum Gasteiger partial charge on any atom is -0.296 e. The maximum atomic E-state index is 4.33. The summed E-state index contributed by atoms with van der Waals surface area (Å²) in [5.41, 5.74) is 7.92. The molecular formula is C13H15N5. The van der Waals surface area contributed by atoms with Gasteiger partial charge in [-0.3, -0.25) is 9.91 Å². The summed E-state index contributed by atoms with van der Waals surface area (Å²) in [5, 5.41) is 10.5. The molecule has 0 bridgehead atoms. The molecule has 1 aliphatic carbocycles. The van der Waals surface area contributed by atoms with Crippen molar-refractivity contribution >= 4 is 5.70 Å². The zero-order valence-corrected chi connectivity index (χ0v) is 10.3. The van der Waals surface area contributed by atoms with Crippen LogP contribution in [0.4, 0.5) is 0 Å². The Kier molecular flexibility index (Phi) is 1.99. The van der Waals surface area contributed by atoms with Crippen LogP contribution in [0.5, 0.6) is 0 Å². The second kappa shape index (κ2) is 3.55. The Hall–Kier alpha value is -1.88. The van der Waals surface area contributed by atoms with Gasteiger partial charge < -0.3 is 0 Å². The molecule has 0 radical (unpaired) electrons. The van der Waals surface area contributed by atoms with E-state index in [0.717, 1.165) is 25.2 Å². The van der Waals surface area contributed by atoms with E-state index in [-0.39, 0.29) is 0 Å². The van der Waals surface area contributed by atoms with Crippen molar-refractivity contribution in [3.8, 4) is 0 Å². The number of fused-ring (bicyclic) bond motifs is 2. The quantitative estimate of drug-likeness (QED) is 0.747. The third kappa shape index (κ3) is 1.25. The highest BCUT2D eigenvalue weighted by molar-refractivity contribution is 5.73. The topological polar surface area (TPSA) is 43.2 Å². The molecule has 1 saturated heterocycles. The van der Waals surface area contributed by atoms with Gasteiger partial charge in [0.05, 0.1) is 18.3 Å². The summed E-state index contributed by atoms with van der Waals surface area (Å²) in [5.74, 6) is 0. The summed E-state index contributed by atoms with van der Waals surface area (Å²) in [4.78, 5) is 2.41. The van der Waals surface area contributed by atoms with Gasteiger partial charge in [-0.2, -0.15) is 5.53 Å². The van der Waals surface area contributed by atoms with Crippen molar-refractivity contribution in [2.24, 2.45) is 10.3 Å². The van der Waals surface area contributed by atoms with Gasteiger partial charge in [0.25, 0.3) is 0 Å². The molecule has 1 fully saturated rings. The third-order valence-electron chi connectivity index (χ3n) is 4.06. The van der Waals surface area contributed by atoms with E-state index in [2.05, 4.69) is 57.1 Å². The molecule has 0 spiro atoms. The van der Waals surface area contributed by atoms with Crippen molar-refractivity contribution in [1.82, 2.24) is 15.4 Å². The van der Waals surface area contributed by atoms with Crippen LogP contribution in [-0.2, 0) is 6.42 Å². The number of nitrogens with zero attached hydrogens (tertiary/aromatic N) is 4. The lowest BCUT2D eigenvalue weighted by Crippen LogP contribution is -2.55. The molecule has 1 unspecified atom stereocenters. The first kappa shape index (κ1) is 10.1. The number of hydrazine groups is 1. The normalized spacial score (nSPS) is 25.6. The van der Waals surface area contributed by atoms with E-state index >= 15 is 0 Å². The number of hydrogen-bond donors (Lipinski definition) is 1. The molecule has 0 saturated carbocycles. The molecule has 0 aromatic heterocycles. The average molecular weight is 241 g/mol. The summed E-state index contributed by atoms with van der Waals surface area (Å²) >= 11 is 0. The molecule has 5 nitrogen and oxygen atoms in total. The lowest BCUT2D eigenvalue weighted by molar-refractivity contribution is 0.100. The van der Waals surface area contributed by atoms with Crippen molar-refractivity contribution < 1.29 is 0 Å². The van der Waals surface area contributed by atoms with Gasteiger partial charge in [-0.1, -0.05) is 29.5 Å². The van der Waals surface area contributed by atoms with E-state index in [0.29, 0.717) is 6.04 Å². The number of rotatable bonds is 0. The van der Waals surface area contributed by atoms with Crippen molar-refractivity contribution in [2.45, 2.75) is 12.5 Å². The maximum Gasteiger partial charge on any atom is 0.118 e. The summed E-state index contributed by atoms with van der Waals surface area (Å²) in [6, 6.07) is 8.93. The Labute approximate surface area is 106 Å². The molecular weight excluding hydrogens is 226 g/mol. The van der Waals surface area contributed by atoms with Crippen LogP contribution in [0, 0.1) is 0 Å². The van der Waals surface area contributed by atoms with Crippen LogP contribution in [0.3, 0.4) is 0 Å². The number of likely N-dealkylation sites (N-methyl/N-ethyl adjacent to an activating group) is 1. The third-order valence-corrected chi connectivity index (χ3v) is 4.06. The fourth-order valence-corrected chi connectivity index (χ4v) is 3.07. The highest BCUT2D eigenvalue weighted by atomic mass is 15.7. The van der Waals surface area contributed by atoms with Crippen LogP contribution in [0.15, 0.2) is 40.3 Å². The lowest BCUT2D eigenvalue weighted by Gasteiger charge is -2.45. The monoisotopic (exact) mass is 241 g/mol. The van der Waals surface area contributed by atoms with E-state index < -0.39 is 0 Å². The molecule has 1 N–H and O–H groups in total. The van der Waals surface area contributed by atoms with Crippen molar-refractivity contribution in [3.05, 3.63) is 41.1 Å². The minimum absolute atomic E-state index is 0.412. The molecule has 4 rings (SSSR count). The molecule has 3 aliphatic rings.